The lowest BCUT2D eigenvalue weighted by Crippen LogP contribution is -2.50. The fourth-order valence-corrected chi connectivity index (χ4v) is 4.28. The summed E-state index contributed by atoms with van der Waals surface area (Å²) in [6, 6.07) is 22.6. The zero-order valence-corrected chi connectivity index (χ0v) is 19.0. The van der Waals surface area contributed by atoms with Gasteiger partial charge in [0, 0.05) is 13.1 Å². The topological polar surface area (TPSA) is 52.6 Å². The molecule has 0 aromatic heterocycles. The van der Waals surface area contributed by atoms with Crippen LogP contribution < -0.4 is 10.2 Å². The van der Waals surface area contributed by atoms with Gasteiger partial charge in [-0.1, -0.05) is 60.1 Å². The molecule has 1 atom stereocenters. The summed E-state index contributed by atoms with van der Waals surface area (Å²) in [5.74, 6) is -0.304. The second-order valence-corrected chi connectivity index (χ2v) is 8.43. The van der Waals surface area contributed by atoms with E-state index in [1.54, 1.807) is 29.2 Å². The summed E-state index contributed by atoms with van der Waals surface area (Å²) in [7, 11) is 0. The first kappa shape index (κ1) is 21.9. The fourth-order valence-electron chi connectivity index (χ4n) is 4.06. The van der Waals surface area contributed by atoms with E-state index in [-0.39, 0.29) is 18.0 Å². The third-order valence-corrected chi connectivity index (χ3v) is 6.15. The van der Waals surface area contributed by atoms with Crippen LogP contribution in [0.15, 0.2) is 72.8 Å². The molecule has 1 unspecified atom stereocenters. The molecule has 3 aromatic rings. The molecule has 3 amide bonds. The minimum Gasteiger partial charge on any atom is -0.320 e. The first-order valence-corrected chi connectivity index (χ1v) is 11.1. The van der Waals surface area contributed by atoms with E-state index >= 15 is 0 Å². The second-order valence-electron chi connectivity index (χ2n) is 8.02. The Morgan fingerprint density at radius 2 is 1.72 bits per heavy atom. The van der Waals surface area contributed by atoms with Crippen LogP contribution in [0.1, 0.15) is 40.9 Å². The van der Waals surface area contributed by atoms with Gasteiger partial charge in [-0.2, -0.15) is 0 Å². The molecular weight excluding hydrogens is 422 g/mol. The van der Waals surface area contributed by atoms with Gasteiger partial charge in [-0.15, -0.1) is 0 Å². The highest BCUT2D eigenvalue weighted by molar-refractivity contribution is 6.34. The van der Waals surface area contributed by atoms with Crippen LogP contribution in [0, 0.1) is 6.92 Å². The van der Waals surface area contributed by atoms with Crippen LogP contribution in [-0.4, -0.2) is 29.9 Å². The Labute approximate surface area is 193 Å². The summed E-state index contributed by atoms with van der Waals surface area (Å²) in [6.07, 6.45) is 0.842. The maximum absolute atomic E-state index is 13.5. The number of carbonyl (C=O) groups excluding carboxylic acids is 2. The summed E-state index contributed by atoms with van der Waals surface area (Å²) in [5.41, 5.74) is 3.76. The van der Waals surface area contributed by atoms with Crippen molar-refractivity contribution >= 4 is 34.9 Å². The Kier molecular flexibility index (Phi) is 6.47. The van der Waals surface area contributed by atoms with Gasteiger partial charge in [-0.3, -0.25) is 9.69 Å². The standard InChI is InChI=1S/C26H26ClN3O2/c1-18-13-14-24(23(17-18)28-25(31)21-11-6-7-12-22(21)27)30-16-8-15-29(26(30)32)19(2)20-9-4-3-5-10-20/h3-7,9-14,17,19H,8,15-16H2,1-2H3,(H,28,31). The molecule has 4 rings (SSSR count). The largest absolute Gasteiger partial charge is 0.325 e. The molecule has 0 aliphatic carbocycles. The Hall–Kier alpha value is -3.31. The van der Waals surface area contributed by atoms with Gasteiger partial charge in [0.1, 0.15) is 0 Å². The van der Waals surface area contributed by atoms with Crippen LogP contribution in [-0.2, 0) is 0 Å². The van der Waals surface area contributed by atoms with Crippen molar-refractivity contribution in [2.45, 2.75) is 26.3 Å². The Morgan fingerprint density at radius 3 is 2.47 bits per heavy atom. The molecule has 0 radical (unpaired) electrons. The number of hydrogen-bond acceptors (Lipinski definition) is 2. The second kappa shape index (κ2) is 9.45. The highest BCUT2D eigenvalue weighted by Gasteiger charge is 2.32. The molecule has 1 heterocycles. The van der Waals surface area contributed by atoms with Crippen LogP contribution >= 0.6 is 11.6 Å². The van der Waals surface area contributed by atoms with Crippen LogP contribution in [0.25, 0.3) is 0 Å². The van der Waals surface area contributed by atoms with Crippen molar-refractivity contribution in [1.82, 2.24) is 4.90 Å². The number of urea groups is 1. The van der Waals surface area contributed by atoms with E-state index in [4.69, 9.17) is 11.6 Å². The summed E-state index contributed by atoms with van der Waals surface area (Å²) in [5, 5.41) is 3.35. The minimum atomic E-state index is -0.304. The van der Waals surface area contributed by atoms with E-state index in [2.05, 4.69) is 5.32 Å². The van der Waals surface area contributed by atoms with Crippen molar-refractivity contribution < 1.29 is 9.59 Å². The smallest absolute Gasteiger partial charge is 0.320 e. The lowest BCUT2D eigenvalue weighted by Gasteiger charge is -2.39. The van der Waals surface area contributed by atoms with Gasteiger partial charge >= 0.3 is 6.03 Å². The number of amides is 3. The molecule has 0 saturated carbocycles. The van der Waals surface area contributed by atoms with Gasteiger partial charge in [0.15, 0.2) is 0 Å². The quantitative estimate of drug-likeness (QED) is 0.499. The number of carbonyl (C=O) groups is 2. The van der Waals surface area contributed by atoms with Crippen molar-refractivity contribution in [2.75, 3.05) is 23.3 Å². The van der Waals surface area contributed by atoms with Crippen molar-refractivity contribution in [3.63, 3.8) is 0 Å². The molecule has 3 aromatic carbocycles. The normalized spacial score (nSPS) is 14.9. The number of hydrogen-bond donors (Lipinski definition) is 1. The molecule has 0 spiro atoms. The average Bonchev–Trinajstić information content (AvgIpc) is 2.80. The lowest BCUT2D eigenvalue weighted by molar-refractivity contribution is 0.102. The van der Waals surface area contributed by atoms with Gasteiger partial charge in [0.2, 0.25) is 0 Å². The number of benzene rings is 3. The lowest BCUT2D eigenvalue weighted by atomic mass is 10.1. The number of nitrogens with one attached hydrogen (secondary N) is 1. The van der Waals surface area contributed by atoms with E-state index in [0.717, 1.165) is 17.5 Å². The van der Waals surface area contributed by atoms with Gasteiger partial charge < -0.3 is 10.2 Å². The van der Waals surface area contributed by atoms with Crippen molar-refractivity contribution in [1.29, 1.82) is 0 Å². The number of anilines is 2. The van der Waals surface area contributed by atoms with E-state index in [0.29, 0.717) is 35.1 Å². The first-order valence-electron chi connectivity index (χ1n) is 10.8. The van der Waals surface area contributed by atoms with Gasteiger partial charge in [0.05, 0.1) is 28.0 Å². The van der Waals surface area contributed by atoms with E-state index in [9.17, 15) is 9.59 Å². The van der Waals surface area contributed by atoms with Gasteiger partial charge in [-0.25, -0.2) is 4.79 Å². The zero-order chi connectivity index (χ0) is 22.7. The van der Waals surface area contributed by atoms with Crippen LogP contribution in [0.2, 0.25) is 5.02 Å². The zero-order valence-electron chi connectivity index (χ0n) is 18.2. The predicted molar refractivity (Wildman–Crippen MR) is 130 cm³/mol. The van der Waals surface area contributed by atoms with E-state index in [1.165, 1.54) is 0 Å². The van der Waals surface area contributed by atoms with Crippen LogP contribution in [0.5, 0.6) is 0 Å². The minimum absolute atomic E-state index is 0.0434. The van der Waals surface area contributed by atoms with Gasteiger partial charge in [-0.05, 0) is 55.7 Å². The van der Waals surface area contributed by atoms with E-state index < -0.39 is 0 Å². The van der Waals surface area contributed by atoms with Crippen LogP contribution in [0.4, 0.5) is 16.2 Å². The third-order valence-electron chi connectivity index (χ3n) is 5.82. The number of nitrogens with zero attached hydrogens (tertiary/aromatic N) is 2. The molecule has 6 heteroatoms. The highest BCUT2D eigenvalue weighted by atomic mass is 35.5. The summed E-state index contributed by atoms with van der Waals surface area (Å²) in [6.45, 7) is 5.29. The predicted octanol–water partition coefficient (Wildman–Crippen LogP) is 6.29. The fraction of sp³-hybridized carbons (Fsp3) is 0.231. The highest BCUT2D eigenvalue weighted by Crippen LogP contribution is 2.33. The Balaban J connectivity index is 1.62. The van der Waals surface area contributed by atoms with Crippen molar-refractivity contribution in [2.24, 2.45) is 0 Å². The molecule has 1 N–H and O–H groups in total. The summed E-state index contributed by atoms with van der Waals surface area (Å²) < 4.78 is 0. The SMILES string of the molecule is Cc1ccc(N2CCCN(C(C)c3ccccc3)C2=O)c(NC(=O)c2ccccc2Cl)c1. The maximum atomic E-state index is 13.5. The number of halogens is 1. The average molecular weight is 448 g/mol. The summed E-state index contributed by atoms with van der Waals surface area (Å²) >= 11 is 6.21. The third kappa shape index (κ3) is 4.48. The molecular formula is C26H26ClN3O2. The first-order chi connectivity index (χ1) is 15.5. The van der Waals surface area contributed by atoms with Crippen molar-refractivity contribution in [3.8, 4) is 0 Å². The molecule has 1 aliphatic heterocycles. The summed E-state index contributed by atoms with van der Waals surface area (Å²) in [4.78, 5) is 30.1. The Bertz CT molecular complexity index is 1130. The molecule has 0 bridgehead atoms. The number of aryl methyl sites for hydroxylation is 1. The monoisotopic (exact) mass is 447 g/mol. The molecule has 1 saturated heterocycles. The molecule has 32 heavy (non-hydrogen) atoms. The molecule has 1 aliphatic rings. The number of rotatable bonds is 5. The van der Waals surface area contributed by atoms with E-state index in [1.807, 2.05) is 67.3 Å². The van der Waals surface area contributed by atoms with Crippen molar-refractivity contribution in [3.05, 3.63) is 94.5 Å². The molecule has 1 fully saturated rings. The van der Waals surface area contributed by atoms with Gasteiger partial charge in [0.25, 0.3) is 5.91 Å². The maximum Gasteiger partial charge on any atom is 0.325 e. The van der Waals surface area contributed by atoms with Crippen LogP contribution in [0.3, 0.4) is 0 Å². The molecule has 5 nitrogen and oxygen atoms in total. The molecule has 164 valence electrons. The Morgan fingerprint density at radius 1 is 1.00 bits per heavy atom.